The van der Waals surface area contributed by atoms with Gasteiger partial charge in [-0.3, -0.25) is 0 Å². The largest absolute Gasteiger partial charge is 0.324 e. The molecule has 2 aromatic rings. The summed E-state index contributed by atoms with van der Waals surface area (Å²) in [6.45, 7) is 4.24. The molecule has 0 saturated heterocycles. The van der Waals surface area contributed by atoms with Gasteiger partial charge in [0, 0.05) is 6.04 Å². The highest BCUT2D eigenvalue weighted by atomic mass is 14.6. The number of benzene rings is 2. The maximum Gasteiger partial charge on any atom is 0.0266 e. The second kappa shape index (κ2) is 6.53. The Morgan fingerprint density at radius 3 is 1.89 bits per heavy atom. The summed E-state index contributed by atoms with van der Waals surface area (Å²) in [6.07, 6.45) is 3.70. The number of hydrogen-bond acceptors (Lipinski definition) is 1. The van der Waals surface area contributed by atoms with Gasteiger partial charge in [-0.05, 0) is 42.0 Å². The van der Waals surface area contributed by atoms with Crippen LogP contribution >= 0.6 is 0 Å². The Bertz CT molecular complexity index is 494. The van der Waals surface area contributed by atoms with Crippen molar-refractivity contribution >= 4 is 0 Å². The minimum absolute atomic E-state index is 0.102. The standard InChI is InChI=1S/C18H23N/c1-3-4-5-15-6-8-17(9-7-15)18-12-10-16(11-13-18)14(2)19/h6-14H,3-5,19H2,1-2H3. The Balaban J connectivity index is 2.13. The van der Waals surface area contributed by atoms with Crippen molar-refractivity contribution in [3.8, 4) is 11.1 Å². The van der Waals surface area contributed by atoms with Crippen molar-refractivity contribution in [2.24, 2.45) is 5.73 Å². The molecule has 0 radical (unpaired) electrons. The fraction of sp³-hybridized carbons (Fsp3) is 0.333. The van der Waals surface area contributed by atoms with Crippen molar-refractivity contribution in [2.75, 3.05) is 0 Å². The van der Waals surface area contributed by atoms with Gasteiger partial charge in [0.05, 0.1) is 0 Å². The molecular weight excluding hydrogens is 230 g/mol. The molecule has 0 amide bonds. The second-order valence-corrected chi connectivity index (χ2v) is 5.21. The summed E-state index contributed by atoms with van der Waals surface area (Å²) in [6, 6.07) is 17.5. The Morgan fingerprint density at radius 1 is 0.895 bits per heavy atom. The maximum absolute atomic E-state index is 5.87. The third kappa shape index (κ3) is 3.68. The summed E-state index contributed by atoms with van der Waals surface area (Å²) in [4.78, 5) is 0. The first-order valence-corrected chi connectivity index (χ1v) is 7.15. The summed E-state index contributed by atoms with van der Waals surface area (Å²) in [5, 5.41) is 0. The predicted molar refractivity (Wildman–Crippen MR) is 83.1 cm³/mol. The van der Waals surface area contributed by atoms with Gasteiger partial charge >= 0.3 is 0 Å². The molecule has 0 fully saturated rings. The monoisotopic (exact) mass is 253 g/mol. The van der Waals surface area contributed by atoms with E-state index in [0.29, 0.717) is 0 Å². The van der Waals surface area contributed by atoms with Crippen molar-refractivity contribution in [1.29, 1.82) is 0 Å². The molecule has 1 heteroatoms. The Hall–Kier alpha value is -1.60. The quantitative estimate of drug-likeness (QED) is 0.820. The maximum atomic E-state index is 5.87. The van der Waals surface area contributed by atoms with Crippen LogP contribution in [0.3, 0.4) is 0 Å². The molecule has 2 aromatic carbocycles. The van der Waals surface area contributed by atoms with E-state index in [9.17, 15) is 0 Å². The van der Waals surface area contributed by atoms with Crippen molar-refractivity contribution in [1.82, 2.24) is 0 Å². The van der Waals surface area contributed by atoms with Gasteiger partial charge in [0.1, 0.15) is 0 Å². The lowest BCUT2D eigenvalue weighted by atomic mass is 9.99. The molecule has 0 aliphatic heterocycles. The first kappa shape index (κ1) is 13.8. The molecule has 1 atom stereocenters. The zero-order chi connectivity index (χ0) is 13.7. The number of nitrogens with two attached hydrogens (primary N) is 1. The van der Waals surface area contributed by atoms with Crippen LogP contribution in [0.15, 0.2) is 48.5 Å². The topological polar surface area (TPSA) is 26.0 Å². The first-order chi connectivity index (χ1) is 9.20. The van der Waals surface area contributed by atoms with Crippen LogP contribution in [0.4, 0.5) is 0 Å². The second-order valence-electron chi connectivity index (χ2n) is 5.21. The molecule has 0 aliphatic rings. The smallest absolute Gasteiger partial charge is 0.0266 e. The van der Waals surface area contributed by atoms with Crippen molar-refractivity contribution < 1.29 is 0 Å². The van der Waals surface area contributed by atoms with E-state index in [4.69, 9.17) is 5.73 Å². The van der Waals surface area contributed by atoms with Crippen LogP contribution in [-0.2, 0) is 6.42 Å². The lowest BCUT2D eigenvalue weighted by Crippen LogP contribution is -2.04. The lowest BCUT2D eigenvalue weighted by Gasteiger charge is -2.08. The van der Waals surface area contributed by atoms with Crippen LogP contribution in [0.1, 0.15) is 43.9 Å². The van der Waals surface area contributed by atoms with E-state index in [1.54, 1.807) is 0 Å². The highest BCUT2D eigenvalue weighted by Gasteiger charge is 2.01. The van der Waals surface area contributed by atoms with Gasteiger partial charge in [-0.25, -0.2) is 0 Å². The third-order valence-corrected chi connectivity index (χ3v) is 3.54. The van der Waals surface area contributed by atoms with Crippen LogP contribution in [0.2, 0.25) is 0 Å². The van der Waals surface area contributed by atoms with Crippen LogP contribution in [0.5, 0.6) is 0 Å². The van der Waals surface area contributed by atoms with Crippen LogP contribution < -0.4 is 5.73 Å². The fourth-order valence-corrected chi connectivity index (χ4v) is 2.22. The molecule has 0 spiro atoms. The van der Waals surface area contributed by atoms with E-state index in [-0.39, 0.29) is 6.04 Å². The van der Waals surface area contributed by atoms with E-state index in [0.717, 1.165) is 0 Å². The number of hydrogen-bond donors (Lipinski definition) is 1. The Kier molecular flexibility index (Phi) is 4.75. The zero-order valence-electron chi connectivity index (χ0n) is 11.9. The molecule has 0 heterocycles. The average Bonchev–Trinajstić information content (AvgIpc) is 2.46. The van der Waals surface area contributed by atoms with E-state index in [2.05, 4.69) is 55.5 Å². The lowest BCUT2D eigenvalue weighted by molar-refractivity contribution is 0.795. The highest BCUT2D eigenvalue weighted by molar-refractivity contribution is 5.64. The van der Waals surface area contributed by atoms with Gasteiger partial charge in [-0.15, -0.1) is 0 Å². The minimum atomic E-state index is 0.102. The first-order valence-electron chi connectivity index (χ1n) is 7.15. The van der Waals surface area contributed by atoms with Crippen molar-refractivity contribution in [2.45, 2.75) is 39.2 Å². The zero-order valence-corrected chi connectivity index (χ0v) is 11.9. The van der Waals surface area contributed by atoms with Crippen LogP contribution in [0, 0.1) is 0 Å². The van der Waals surface area contributed by atoms with Gasteiger partial charge in [0.15, 0.2) is 0 Å². The summed E-state index contributed by atoms with van der Waals surface area (Å²) >= 11 is 0. The molecular formula is C18H23N. The molecule has 1 nitrogen and oxygen atoms in total. The molecule has 0 bridgehead atoms. The van der Waals surface area contributed by atoms with Gasteiger partial charge in [0.25, 0.3) is 0 Å². The molecule has 100 valence electrons. The van der Waals surface area contributed by atoms with Gasteiger partial charge in [0.2, 0.25) is 0 Å². The van der Waals surface area contributed by atoms with E-state index >= 15 is 0 Å². The molecule has 2 N–H and O–H groups in total. The van der Waals surface area contributed by atoms with Crippen molar-refractivity contribution in [3.63, 3.8) is 0 Å². The van der Waals surface area contributed by atoms with Gasteiger partial charge in [-0.1, -0.05) is 61.9 Å². The normalized spacial score (nSPS) is 12.4. The number of aryl methyl sites for hydroxylation is 1. The summed E-state index contributed by atoms with van der Waals surface area (Å²) < 4.78 is 0. The van der Waals surface area contributed by atoms with E-state index < -0.39 is 0 Å². The highest BCUT2D eigenvalue weighted by Crippen LogP contribution is 2.22. The van der Waals surface area contributed by atoms with E-state index in [1.807, 2.05) is 6.92 Å². The van der Waals surface area contributed by atoms with Gasteiger partial charge < -0.3 is 5.73 Å². The third-order valence-electron chi connectivity index (χ3n) is 3.54. The molecule has 0 aliphatic carbocycles. The predicted octanol–water partition coefficient (Wildman–Crippen LogP) is 4.72. The molecule has 2 rings (SSSR count). The average molecular weight is 253 g/mol. The minimum Gasteiger partial charge on any atom is -0.324 e. The molecule has 1 unspecified atom stereocenters. The Labute approximate surface area is 116 Å². The Morgan fingerprint density at radius 2 is 1.42 bits per heavy atom. The van der Waals surface area contributed by atoms with Crippen molar-refractivity contribution in [3.05, 3.63) is 59.7 Å². The number of unbranched alkanes of at least 4 members (excludes halogenated alkanes) is 1. The molecule has 0 aromatic heterocycles. The molecule has 19 heavy (non-hydrogen) atoms. The van der Waals surface area contributed by atoms with E-state index in [1.165, 1.54) is 41.5 Å². The number of rotatable bonds is 5. The summed E-state index contributed by atoms with van der Waals surface area (Å²) in [5.41, 5.74) is 11.0. The van der Waals surface area contributed by atoms with Crippen LogP contribution in [-0.4, -0.2) is 0 Å². The van der Waals surface area contributed by atoms with Gasteiger partial charge in [-0.2, -0.15) is 0 Å². The van der Waals surface area contributed by atoms with Crippen LogP contribution in [0.25, 0.3) is 11.1 Å². The summed E-state index contributed by atoms with van der Waals surface area (Å²) in [7, 11) is 0. The molecule has 0 saturated carbocycles. The fourth-order valence-electron chi connectivity index (χ4n) is 2.22. The summed E-state index contributed by atoms with van der Waals surface area (Å²) in [5.74, 6) is 0. The SMILES string of the molecule is CCCCc1ccc(-c2ccc(C(C)N)cc2)cc1.